The van der Waals surface area contributed by atoms with Gasteiger partial charge in [-0.2, -0.15) is 0 Å². The number of ether oxygens (including phenoxy) is 2. The average molecular weight is 266 g/mol. The molecule has 19 heavy (non-hydrogen) atoms. The molecule has 0 unspecified atom stereocenters. The summed E-state index contributed by atoms with van der Waals surface area (Å²) in [6.45, 7) is 4.17. The van der Waals surface area contributed by atoms with E-state index in [2.05, 4.69) is 5.32 Å². The van der Waals surface area contributed by atoms with Crippen molar-refractivity contribution in [3.8, 4) is 11.5 Å². The van der Waals surface area contributed by atoms with Crippen LogP contribution in [0.15, 0.2) is 18.2 Å². The number of nitrogens with zero attached hydrogens (tertiary/aromatic N) is 1. The van der Waals surface area contributed by atoms with Crippen LogP contribution in [-0.2, 0) is 4.79 Å². The lowest BCUT2D eigenvalue weighted by Crippen LogP contribution is -2.37. The molecule has 0 saturated heterocycles. The molecule has 5 heteroatoms. The van der Waals surface area contributed by atoms with Crippen LogP contribution in [0.3, 0.4) is 0 Å². The van der Waals surface area contributed by atoms with E-state index in [1.165, 1.54) is 0 Å². The molecule has 0 aliphatic heterocycles. The van der Waals surface area contributed by atoms with Crippen molar-refractivity contribution in [1.82, 2.24) is 4.90 Å². The minimum absolute atomic E-state index is 0.0277. The fourth-order valence-corrected chi connectivity index (χ4v) is 1.54. The first kappa shape index (κ1) is 15.1. The van der Waals surface area contributed by atoms with Crippen LogP contribution in [0.5, 0.6) is 11.5 Å². The number of nitrogens with one attached hydrogen (secondary N) is 1. The van der Waals surface area contributed by atoms with Crippen LogP contribution in [-0.4, -0.2) is 44.7 Å². The molecule has 0 heterocycles. The van der Waals surface area contributed by atoms with Gasteiger partial charge in [-0.05, 0) is 26.0 Å². The molecule has 1 aromatic rings. The Hall–Kier alpha value is -1.91. The monoisotopic (exact) mass is 266 g/mol. The number of amides is 1. The Morgan fingerprint density at radius 3 is 2.53 bits per heavy atom. The second kappa shape index (κ2) is 6.87. The first-order chi connectivity index (χ1) is 8.99. The van der Waals surface area contributed by atoms with Gasteiger partial charge in [-0.15, -0.1) is 0 Å². The van der Waals surface area contributed by atoms with Crippen molar-refractivity contribution >= 4 is 11.6 Å². The number of benzene rings is 1. The molecule has 0 aliphatic rings. The molecular formula is C14H22N2O3. The van der Waals surface area contributed by atoms with E-state index in [9.17, 15) is 4.79 Å². The summed E-state index contributed by atoms with van der Waals surface area (Å²) in [6.07, 6.45) is 0. The van der Waals surface area contributed by atoms with Crippen LogP contribution in [0.1, 0.15) is 13.8 Å². The van der Waals surface area contributed by atoms with Crippen molar-refractivity contribution in [3.05, 3.63) is 18.2 Å². The molecule has 0 radical (unpaired) electrons. The number of carbonyl (C=O) groups excluding carboxylic acids is 1. The summed E-state index contributed by atoms with van der Waals surface area (Å²) in [6, 6.07) is 5.60. The van der Waals surface area contributed by atoms with Gasteiger partial charge in [0.15, 0.2) is 0 Å². The Balaban J connectivity index is 2.73. The first-order valence-electron chi connectivity index (χ1n) is 6.21. The van der Waals surface area contributed by atoms with Crippen molar-refractivity contribution in [2.45, 2.75) is 19.9 Å². The van der Waals surface area contributed by atoms with E-state index in [1.807, 2.05) is 26.0 Å². The van der Waals surface area contributed by atoms with E-state index >= 15 is 0 Å². The van der Waals surface area contributed by atoms with Gasteiger partial charge in [0.2, 0.25) is 5.91 Å². The lowest BCUT2D eigenvalue weighted by Gasteiger charge is -2.22. The number of methoxy groups -OCH3 is 2. The third-order valence-corrected chi connectivity index (χ3v) is 3.00. The van der Waals surface area contributed by atoms with E-state index in [0.29, 0.717) is 11.5 Å². The van der Waals surface area contributed by atoms with Gasteiger partial charge < -0.3 is 19.7 Å². The number of hydrogen-bond acceptors (Lipinski definition) is 4. The quantitative estimate of drug-likeness (QED) is 0.855. The van der Waals surface area contributed by atoms with Crippen LogP contribution in [0.4, 0.5) is 5.69 Å². The summed E-state index contributed by atoms with van der Waals surface area (Å²) in [7, 11) is 4.98. The fourth-order valence-electron chi connectivity index (χ4n) is 1.54. The highest BCUT2D eigenvalue weighted by atomic mass is 16.5. The predicted octanol–water partition coefficient (Wildman–Crippen LogP) is 1.98. The fraction of sp³-hybridized carbons (Fsp3) is 0.500. The molecule has 0 aromatic heterocycles. The molecular weight excluding hydrogens is 244 g/mol. The van der Waals surface area contributed by atoms with Crippen LogP contribution in [0.25, 0.3) is 0 Å². The molecule has 1 amide bonds. The summed E-state index contributed by atoms with van der Waals surface area (Å²) >= 11 is 0. The maximum atomic E-state index is 11.9. The van der Waals surface area contributed by atoms with Gasteiger partial charge >= 0.3 is 0 Å². The SMILES string of the molecule is COc1ccc(OC)c(NCC(=O)N(C)C(C)C)c1. The zero-order chi connectivity index (χ0) is 14.4. The van der Waals surface area contributed by atoms with Crippen molar-refractivity contribution in [1.29, 1.82) is 0 Å². The van der Waals surface area contributed by atoms with E-state index in [1.54, 1.807) is 32.2 Å². The number of anilines is 1. The molecule has 0 bridgehead atoms. The molecule has 0 saturated carbocycles. The van der Waals surface area contributed by atoms with Gasteiger partial charge in [-0.1, -0.05) is 0 Å². The maximum Gasteiger partial charge on any atom is 0.241 e. The zero-order valence-electron chi connectivity index (χ0n) is 12.2. The topological polar surface area (TPSA) is 50.8 Å². The highest BCUT2D eigenvalue weighted by molar-refractivity contribution is 5.81. The van der Waals surface area contributed by atoms with Crippen LogP contribution < -0.4 is 14.8 Å². The molecule has 5 nitrogen and oxygen atoms in total. The van der Waals surface area contributed by atoms with E-state index in [-0.39, 0.29) is 18.5 Å². The van der Waals surface area contributed by atoms with Crippen molar-refractivity contribution in [3.63, 3.8) is 0 Å². The molecule has 1 rings (SSSR count). The van der Waals surface area contributed by atoms with Crippen LogP contribution >= 0.6 is 0 Å². The Bertz CT molecular complexity index is 433. The summed E-state index contributed by atoms with van der Waals surface area (Å²) in [4.78, 5) is 13.6. The molecule has 0 spiro atoms. The Morgan fingerprint density at radius 2 is 2.00 bits per heavy atom. The zero-order valence-corrected chi connectivity index (χ0v) is 12.2. The van der Waals surface area contributed by atoms with Crippen LogP contribution in [0, 0.1) is 0 Å². The van der Waals surface area contributed by atoms with Gasteiger partial charge in [0.25, 0.3) is 0 Å². The largest absolute Gasteiger partial charge is 0.497 e. The Kier molecular flexibility index (Phi) is 5.48. The van der Waals surface area contributed by atoms with Gasteiger partial charge in [-0.3, -0.25) is 4.79 Å². The van der Waals surface area contributed by atoms with Gasteiger partial charge in [0, 0.05) is 19.2 Å². The summed E-state index contributed by atoms with van der Waals surface area (Å²) in [5, 5.41) is 3.08. The Labute approximate surface area is 114 Å². The predicted molar refractivity (Wildman–Crippen MR) is 75.9 cm³/mol. The van der Waals surface area contributed by atoms with Crippen molar-refractivity contribution < 1.29 is 14.3 Å². The highest BCUT2D eigenvalue weighted by Crippen LogP contribution is 2.28. The minimum Gasteiger partial charge on any atom is -0.497 e. The van der Waals surface area contributed by atoms with E-state index in [4.69, 9.17) is 9.47 Å². The second-order valence-electron chi connectivity index (χ2n) is 4.52. The molecule has 106 valence electrons. The standard InChI is InChI=1S/C14H22N2O3/c1-10(2)16(3)14(17)9-15-12-8-11(18-4)6-7-13(12)19-5/h6-8,10,15H,9H2,1-5H3. The summed E-state index contributed by atoms with van der Waals surface area (Å²) in [5.41, 5.74) is 0.743. The minimum atomic E-state index is 0.0277. The number of hydrogen-bond donors (Lipinski definition) is 1. The van der Waals surface area contributed by atoms with Gasteiger partial charge in [-0.25, -0.2) is 0 Å². The van der Waals surface area contributed by atoms with Crippen LogP contribution in [0.2, 0.25) is 0 Å². The Morgan fingerprint density at radius 1 is 1.32 bits per heavy atom. The number of carbonyl (C=O) groups is 1. The normalized spacial score (nSPS) is 10.2. The molecule has 0 fully saturated rings. The van der Waals surface area contributed by atoms with Crippen molar-refractivity contribution in [2.24, 2.45) is 0 Å². The summed E-state index contributed by atoms with van der Waals surface area (Å²) in [5.74, 6) is 1.42. The smallest absolute Gasteiger partial charge is 0.241 e. The number of likely N-dealkylation sites (N-methyl/N-ethyl adjacent to an activating group) is 1. The lowest BCUT2D eigenvalue weighted by atomic mass is 10.2. The molecule has 0 aliphatic carbocycles. The van der Waals surface area contributed by atoms with Gasteiger partial charge in [0.1, 0.15) is 11.5 Å². The van der Waals surface area contributed by atoms with Crippen molar-refractivity contribution in [2.75, 3.05) is 33.1 Å². The van der Waals surface area contributed by atoms with Gasteiger partial charge in [0.05, 0.1) is 26.5 Å². The summed E-state index contributed by atoms with van der Waals surface area (Å²) < 4.78 is 10.4. The lowest BCUT2D eigenvalue weighted by molar-refractivity contribution is -0.129. The molecule has 1 N–H and O–H groups in total. The first-order valence-corrected chi connectivity index (χ1v) is 6.21. The highest BCUT2D eigenvalue weighted by Gasteiger charge is 2.12. The van der Waals surface area contributed by atoms with E-state index in [0.717, 1.165) is 5.69 Å². The molecule has 0 atom stereocenters. The molecule has 1 aromatic carbocycles. The maximum absolute atomic E-state index is 11.9. The second-order valence-corrected chi connectivity index (χ2v) is 4.52. The third kappa shape index (κ3) is 4.05. The third-order valence-electron chi connectivity index (χ3n) is 3.00. The van der Waals surface area contributed by atoms with E-state index < -0.39 is 0 Å². The number of rotatable bonds is 6. The average Bonchev–Trinajstić information content (AvgIpc) is 2.43.